The minimum absolute atomic E-state index is 0.0580. The van der Waals surface area contributed by atoms with Gasteiger partial charge in [-0.3, -0.25) is 0 Å². The second-order valence-corrected chi connectivity index (χ2v) is 6.82. The van der Waals surface area contributed by atoms with Gasteiger partial charge in [0.15, 0.2) is 0 Å². The molecule has 3 atom stereocenters. The summed E-state index contributed by atoms with van der Waals surface area (Å²) in [4.78, 5) is 0. The maximum atomic E-state index is 6.47. The molecule has 0 radical (unpaired) electrons. The van der Waals surface area contributed by atoms with E-state index in [4.69, 9.17) is 5.73 Å². The highest BCUT2D eigenvalue weighted by atomic mass is 14.7. The second kappa shape index (κ2) is 6.58. The predicted octanol–water partition coefficient (Wildman–Crippen LogP) is 4.92. The number of allylic oxidation sites excluding steroid dienone is 1. The highest BCUT2D eigenvalue weighted by molar-refractivity contribution is 5.28. The van der Waals surface area contributed by atoms with Gasteiger partial charge < -0.3 is 5.73 Å². The maximum absolute atomic E-state index is 6.47. The molecule has 0 amide bonds. The van der Waals surface area contributed by atoms with Crippen LogP contribution < -0.4 is 5.73 Å². The smallest absolute Gasteiger partial charge is 0.0131 e. The first kappa shape index (κ1) is 17.0. The van der Waals surface area contributed by atoms with E-state index in [2.05, 4.69) is 71.5 Å². The van der Waals surface area contributed by atoms with Gasteiger partial charge in [-0.1, -0.05) is 63.6 Å². The summed E-state index contributed by atoms with van der Waals surface area (Å²) in [5.41, 5.74) is 7.70. The van der Waals surface area contributed by atoms with E-state index in [0.29, 0.717) is 11.8 Å². The van der Waals surface area contributed by atoms with Gasteiger partial charge in [-0.25, -0.2) is 0 Å². The van der Waals surface area contributed by atoms with Crippen molar-refractivity contribution in [2.45, 2.75) is 58.4 Å². The number of benzene rings is 1. The molecule has 0 aliphatic carbocycles. The summed E-state index contributed by atoms with van der Waals surface area (Å²) in [6.45, 7) is 15.2. The van der Waals surface area contributed by atoms with Crippen molar-refractivity contribution in [1.29, 1.82) is 0 Å². The van der Waals surface area contributed by atoms with E-state index in [-0.39, 0.29) is 11.0 Å². The topological polar surface area (TPSA) is 26.0 Å². The molecule has 0 bridgehead atoms. The fourth-order valence-electron chi connectivity index (χ4n) is 3.45. The molecule has 0 saturated heterocycles. The van der Waals surface area contributed by atoms with Gasteiger partial charge >= 0.3 is 0 Å². The zero-order valence-corrected chi connectivity index (χ0v) is 13.8. The first-order valence-corrected chi connectivity index (χ1v) is 7.73. The van der Waals surface area contributed by atoms with Gasteiger partial charge in [-0.2, -0.15) is 0 Å². The van der Waals surface area contributed by atoms with Gasteiger partial charge in [0.05, 0.1) is 0 Å². The molecule has 0 aliphatic heterocycles. The summed E-state index contributed by atoms with van der Waals surface area (Å²) in [7, 11) is 0. The van der Waals surface area contributed by atoms with Crippen LogP contribution in [0.25, 0.3) is 0 Å². The highest BCUT2D eigenvalue weighted by Crippen LogP contribution is 2.45. The van der Waals surface area contributed by atoms with Crippen molar-refractivity contribution in [3.63, 3.8) is 0 Å². The molecule has 112 valence electrons. The SMILES string of the molecule is C=CCC(CC)C(C)(c1ccccc1)C(C)C(C)(C)N. The Kier molecular flexibility index (Phi) is 5.59. The van der Waals surface area contributed by atoms with Crippen LogP contribution in [0.5, 0.6) is 0 Å². The summed E-state index contributed by atoms with van der Waals surface area (Å²) < 4.78 is 0. The largest absolute Gasteiger partial charge is 0.325 e. The second-order valence-electron chi connectivity index (χ2n) is 6.82. The summed E-state index contributed by atoms with van der Waals surface area (Å²) in [5, 5.41) is 0. The zero-order chi connectivity index (χ0) is 15.4. The van der Waals surface area contributed by atoms with Gasteiger partial charge in [0.25, 0.3) is 0 Å². The Balaban J connectivity index is 3.36. The lowest BCUT2D eigenvalue weighted by molar-refractivity contribution is 0.135. The quantitative estimate of drug-likeness (QED) is 0.701. The van der Waals surface area contributed by atoms with Crippen molar-refractivity contribution in [1.82, 2.24) is 0 Å². The molecule has 1 aromatic rings. The van der Waals surface area contributed by atoms with E-state index in [1.807, 2.05) is 6.08 Å². The van der Waals surface area contributed by atoms with Gasteiger partial charge in [-0.15, -0.1) is 6.58 Å². The number of nitrogens with two attached hydrogens (primary N) is 1. The molecular weight excluding hydrogens is 242 g/mol. The summed E-state index contributed by atoms with van der Waals surface area (Å²) in [6.07, 6.45) is 4.21. The van der Waals surface area contributed by atoms with E-state index in [1.165, 1.54) is 5.56 Å². The molecule has 0 fully saturated rings. The third kappa shape index (κ3) is 3.32. The van der Waals surface area contributed by atoms with Gasteiger partial charge in [-0.05, 0) is 43.1 Å². The Labute approximate surface area is 125 Å². The van der Waals surface area contributed by atoms with Crippen molar-refractivity contribution in [2.75, 3.05) is 0 Å². The van der Waals surface area contributed by atoms with Crippen LogP contribution in [0.3, 0.4) is 0 Å². The van der Waals surface area contributed by atoms with Crippen LogP contribution in [0.1, 0.15) is 53.0 Å². The fraction of sp³-hybridized carbons (Fsp3) is 0.579. The normalized spacial score (nSPS) is 18.1. The number of hydrogen-bond acceptors (Lipinski definition) is 1. The Hall–Kier alpha value is -1.08. The van der Waals surface area contributed by atoms with E-state index in [0.717, 1.165) is 12.8 Å². The van der Waals surface area contributed by atoms with Crippen molar-refractivity contribution < 1.29 is 0 Å². The van der Waals surface area contributed by atoms with Crippen molar-refractivity contribution in [3.05, 3.63) is 48.6 Å². The number of hydrogen-bond donors (Lipinski definition) is 1. The van der Waals surface area contributed by atoms with Gasteiger partial charge in [0.1, 0.15) is 0 Å². The minimum atomic E-state index is -0.209. The van der Waals surface area contributed by atoms with Crippen LogP contribution in [0.4, 0.5) is 0 Å². The fourth-order valence-corrected chi connectivity index (χ4v) is 3.45. The van der Waals surface area contributed by atoms with Crippen LogP contribution >= 0.6 is 0 Å². The maximum Gasteiger partial charge on any atom is 0.0131 e. The summed E-state index contributed by atoms with van der Waals surface area (Å²) >= 11 is 0. The van der Waals surface area contributed by atoms with Crippen molar-refractivity contribution in [3.8, 4) is 0 Å². The highest BCUT2D eigenvalue weighted by Gasteiger charge is 2.44. The first-order valence-electron chi connectivity index (χ1n) is 7.73. The Morgan fingerprint density at radius 2 is 1.75 bits per heavy atom. The monoisotopic (exact) mass is 273 g/mol. The molecule has 2 N–H and O–H groups in total. The third-order valence-corrected chi connectivity index (χ3v) is 5.20. The standard InChI is InChI=1S/C19H31N/c1-7-12-16(8-2)19(6,15(3)18(4,5)20)17-13-10-9-11-14-17/h7,9-11,13-16H,1,8,12,20H2,2-6H3. The van der Waals surface area contributed by atoms with Crippen LogP contribution in [0.15, 0.2) is 43.0 Å². The van der Waals surface area contributed by atoms with E-state index < -0.39 is 0 Å². The van der Waals surface area contributed by atoms with Crippen LogP contribution in [-0.2, 0) is 5.41 Å². The van der Waals surface area contributed by atoms with E-state index >= 15 is 0 Å². The lowest BCUT2D eigenvalue weighted by Crippen LogP contribution is -2.52. The summed E-state index contributed by atoms with van der Waals surface area (Å²) in [6, 6.07) is 10.8. The van der Waals surface area contributed by atoms with Crippen LogP contribution in [-0.4, -0.2) is 5.54 Å². The third-order valence-electron chi connectivity index (χ3n) is 5.20. The molecule has 20 heavy (non-hydrogen) atoms. The Bertz CT molecular complexity index is 415. The van der Waals surface area contributed by atoms with Crippen molar-refractivity contribution in [2.24, 2.45) is 17.6 Å². The molecule has 0 spiro atoms. The van der Waals surface area contributed by atoms with E-state index in [9.17, 15) is 0 Å². The Morgan fingerprint density at radius 1 is 1.20 bits per heavy atom. The molecule has 1 nitrogen and oxygen atoms in total. The van der Waals surface area contributed by atoms with Crippen LogP contribution in [0.2, 0.25) is 0 Å². The molecule has 0 aliphatic rings. The average molecular weight is 273 g/mol. The van der Waals surface area contributed by atoms with E-state index in [1.54, 1.807) is 0 Å². The zero-order valence-electron chi connectivity index (χ0n) is 13.8. The van der Waals surface area contributed by atoms with Crippen LogP contribution in [0, 0.1) is 11.8 Å². The molecule has 1 rings (SSSR count). The Morgan fingerprint density at radius 3 is 2.15 bits per heavy atom. The molecule has 3 unspecified atom stereocenters. The first-order chi connectivity index (χ1) is 9.28. The molecule has 0 saturated carbocycles. The minimum Gasteiger partial charge on any atom is -0.325 e. The van der Waals surface area contributed by atoms with Crippen molar-refractivity contribution >= 4 is 0 Å². The average Bonchev–Trinajstić information content (AvgIpc) is 2.43. The molecular formula is C19H31N. The molecule has 1 heteroatoms. The number of rotatable bonds is 7. The summed E-state index contributed by atoms with van der Waals surface area (Å²) in [5.74, 6) is 0.933. The van der Waals surface area contributed by atoms with Gasteiger partial charge in [0.2, 0.25) is 0 Å². The molecule has 0 heterocycles. The lowest BCUT2D eigenvalue weighted by Gasteiger charge is -2.48. The van der Waals surface area contributed by atoms with Gasteiger partial charge in [0, 0.05) is 5.54 Å². The molecule has 0 aromatic heterocycles. The molecule has 1 aromatic carbocycles. The predicted molar refractivity (Wildman–Crippen MR) is 89.8 cm³/mol. The lowest BCUT2D eigenvalue weighted by atomic mass is 9.58.